The summed E-state index contributed by atoms with van der Waals surface area (Å²) in [7, 11) is -3.05. The number of pyridine rings is 1. The summed E-state index contributed by atoms with van der Waals surface area (Å²) in [6.45, 7) is 14.1. The number of benzene rings is 16. The van der Waals surface area contributed by atoms with Gasteiger partial charge in [0, 0.05) is 39.7 Å². The van der Waals surface area contributed by atoms with Crippen LogP contribution in [-0.4, -0.2) is 21.1 Å². The fourth-order valence-electron chi connectivity index (χ4n) is 14.2. The van der Waals surface area contributed by atoms with E-state index >= 15 is 0 Å². The molecule has 0 spiro atoms. The van der Waals surface area contributed by atoms with Crippen molar-refractivity contribution in [3.63, 3.8) is 0 Å². The summed E-state index contributed by atoms with van der Waals surface area (Å²) in [6.07, 6.45) is 1.63. The molecular weight excluding hydrogens is 1250 g/mol. The van der Waals surface area contributed by atoms with Crippen LogP contribution >= 0.6 is 0 Å². The predicted octanol–water partition coefficient (Wildman–Crippen LogP) is 21.4. The molecule has 0 fully saturated rings. The Morgan fingerprint density at radius 2 is 0.720 bits per heavy atom. The molecule has 0 aliphatic heterocycles. The van der Waals surface area contributed by atoms with Gasteiger partial charge in [0.1, 0.15) is 11.6 Å². The SMILES string of the molecule is C[Si](C)(C)c1ccc(N(c2cccc(F)c2)c2ccc3ccc4c(N(c5ccc([Si](C)(C)C)cc5)c5cccc(F)c5)ccc5ccc2c3c54)cc1.[Li+].[O-]c1cccc2cccnc12.c1ccc(-c2ccc(-c3c4ccccc4c(-c4cccc5ccccc45)c4ccccc34)cc2)cc1. The van der Waals surface area contributed by atoms with Crippen LogP contribution < -0.4 is 44.1 Å². The van der Waals surface area contributed by atoms with Gasteiger partial charge < -0.3 is 14.9 Å². The third-order valence-corrected chi connectivity index (χ3v) is 23.2. The van der Waals surface area contributed by atoms with Crippen LogP contribution in [0.3, 0.4) is 0 Å². The topological polar surface area (TPSA) is 42.4 Å². The van der Waals surface area contributed by atoms with Crippen molar-refractivity contribution in [3.8, 4) is 39.1 Å². The van der Waals surface area contributed by atoms with Gasteiger partial charge in [-0.15, -0.1) is 0 Å². The number of aromatic nitrogens is 1. The standard InChI is InChI=1S/C46H42F2N2Si2.C36H24.C9H7NO.Li/c1-51(2,3)39-21-17-35(18-22-39)49(37-11-7-9-33(47)29-37)43-27-15-31-14-26-42-44(28-16-32-13-25-41(43)45(31)46(32)42)50(38-12-8-10-34(48)30-38)36-19-23-40(24-20-36)52(4,5)6;1-2-11-25(12-3-1)26-21-23-28(24-22-26)35-31-16-6-8-18-33(31)36(34-19-9-7-17-32(34)35)30-20-10-14-27-13-4-5-15-29(27)30;11-8-5-1-3-7-4-2-6-10-9(7)8;/h7-30H,1-6H3;1-24H;1-6,11H;/q;;;+1/p-1. The number of rotatable bonds is 11. The van der Waals surface area contributed by atoms with Gasteiger partial charge in [0.05, 0.1) is 33.0 Å². The van der Waals surface area contributed by atoms with Crippen LogP contribution in [0.5, 0.6) is 5.75 Å². The molecule has 0 aliphatic carbocycles. The second kappa shape index (κ2) is 27.7. The molecule has 4 nitrogen and oxygen atoms in total. The van der Waals surface area contributed by atoms with Gasteiger partial charge in [-0.1, -0.05) is 298 Å². The average molecular weight is 1320 g/mol. The summed E-state index contributed by atoms with van der Waals surface area (Å²) in [5.41, 5.74) is 13.6. The Labute approximate surface area is 597 Å². The maximum Gasteiger partial charge on any atom is 1.00 e. The average Bonchev–Trinajstić information content (AvgIpc) is 0.728. The first-order valence-corrected chi connectivity index (χ1v) is 40.7. The van der Waals surface area contributed by atoms with Gasteiger partial charge in [-0.05, 0) is 171 Å². The van der Waals surface area contributed by atoms with Crippen LogP contribution in [0.4, 0.5) is 42.9 Å². The number of hydrogen-bond acceptors (Lipinski definition) is 4. The predicted molar refractivity (Wildman–Crippen MR) is 422 cm³/mol. The molecule has 0 radical (unpaired) electrons. The van der Waals surface area contributed by atoms with Gasteiger partial charge in [0.25, 0.3) is 0 Å². The molecule has 17 rings (SSSR count). The maximum absolute atomic E-state index is 14.9. The number of hydrogen-bond donors (Lipinski definition) is 0. The van der Waals surface area contributed by atoms with E-state index in [1.807, 2.05) is 30.3 Å². The van der Waals surface area contributed by atoms with Crippen LogP contribution in [0.15, 0.2) is 328 Å². The number of anilines is 6. The van der Waals surface area contributed by atoms with Crippen molar-refractivity contribution in [1.82, 2.24) is 4.98 Å². The van der Waals surface area contributed by atoms with Crippen LogP contribution in [0, 0.1) is 11.6 Å². The van der Waals surface area contributed by atoms with Crippen molar-refractivity contribution in [2.24, 2.45) is 0 Å². The third-order valence-electron chi connectivity index (χ3n) is 19.1. The molecule has 0 saturated carbocycles. The van der Waals surface area contributed by atoms with Crippen LogP contribution in [0.1, 0.15) is 0 Å². The summed E-state index contributed by atoms with van der Waals surface area (Å²) in [5.74, 6) is -0.569. The molecule has 0 aliphatic rings. The molecule has 0 bridgehead atoms. The first-order chi connectivity index (χ1) is 48.1. The zero-order chi connectivity index (χ0) is 67.9. The van der Waals surface area contributed by atoms with E-state index in [4.69, 9.17) is 0 Å². The summed E-state index contributed by atoms with van der Waals surface area (Å²) in [5, 5.41) is 29.1. The van der Waals surface area contributed by atoms with Crippen molar-refractivity contribution < 1.29 is 32.7 Å². The van der Waals surface area contributed by atoms with Crippen molar-refractivity contribution in [3.05, 3.63) is 339 Å². The minimum Gasteiger partial charge on any atom is -0.871 e. The van der Waals surface area contributed by atoms with Crippen molar-refractivity contribution in [2.75, 3.05) is 9.80 Å². The van der Waals surface area contributed by atoms with Crippen LogP contribution in [0.25, 0.3) is 109 Å². The molecule has 0 N–H and O–H groups in total. The van der Waals surface area contributed by atoms with E-state index in [1.54, 1.807) is 36.5 Å². The molecule has 0 amide bonds. The molecule has 1 aromatic heterocycles. The Hall–Kier alpha value is -11.0. The molecule has 480 valence electrons. The minimum absolute atomic E-state index is 0. The summed E-state index contributed by atoms with van der Waals surface area (Å²) >= 11 is 0. The number of para-hydroxylation sites is 1. The fourth-order valence-corrected chi connectivity index (χ4v) is 16.5. The van der Waals surface area contributed by atoms with E-state index in [0.717, 1.165) is 71.8 Å². The van der Waals surface area contributed by atoms with E-state index in [0.29, 0.717) is 5.52 Å². The van der Waals surface area contributed by atoms with Crippen molar-refractivity contribution >= 4 is 136 Å². The molecule has 9 heteroatoms. The van der Waals surface area contributed by atoms with Gasteiger partial charge in [-0.3, -0.25) is 4.98 Å². The summed E-state index contributed by atoms with van der Waals surface area (Å²) < 4.78 is 29.8. The molecule has 100 heavy (non-hydrogen) atoms. The van der Waals surface area contributed by atoms with E-state index in [1.165, 1.54) is 94.3 Å². The second-order valence-electron chi connectivity index (χ2n) is 27.5. The number of fused-ring (bicyclic) bond motifs is 4. The Kier molecular flexibility index (Phi) is 18.4. The van der Waals surface area contributed by atoms with Gasteiger partial charge in [0.15, 0.2) is 0 Å². The quantitative estimate of drug-likeness (QED) is 0.0735. The molecule has 16 aromatic carbocycles. The largest absolute Gasteiger partial charge is 1.00 e. The Morgan fingerprint density at radius 1 is 0.310 bits per heavy atom. The van der Waals surface area contributed by atoms with E-state index in [2.05, 4.69) is 297 Å². The first kappa shape index (κ1) is 66.3. The summed E-state index contributed by atoms with van der Waals surface area (Å²) in [6, 6.07) is 110. The van der Waals surface area contributed by atoms with Crippen LogP contribution in [-0.2, 0) is 0 Å². The monoisotopic (exact) mass is 1320 g/mol. The Morgan fingerprint density at radius 3 is 1.22 bits per heavy atom. The van der Waals surface area contributed by atoms with E-state index in [9.17, 15) is 13.9 Å². The Balaban J connectivity index is 0.000000152. The molecule has 1 heterocycles. The van der Waals surface area contributed by atoms with Gasteiger partial charge >= 0.3 is 18.9 Å². The first-order valence-electron chi connectivity index (χ1n) is 33.7. The van der Waals surface area contributed by atoms with E-state index < -0.39 is 16.1 Å². The third kappa shape index (κ3) is 13.0. The Bertz CT molecular complexity index is 5570. The summed E-state index contributed by atoms with van der Waals surface area (Å²) in [4.78, 5) is 8.31. The molecule has 0 unspecified atom stereocenters. The smallest absolute Gasteiger partial charge is 0.871 e. The zero-order valence-corrected chi connectivity index (χ0v) is 59.2. The van der Waals surface area contributed by atoms with Crippen LogP contribution in [0.2, 0.25) is 39.3 Å². The number of halogens is 2. The van der Waals surface area contributed by atoms with Gasteiger partial charge in [0.2, 0.25) is 0 Å². The normalized spacial score (nSPS) is 11.6. The zero-order valence-electron chi connectivity index (χ0n) is 57.2. The molecule has 17 aromatic rings. The van der Waals surface area contributed by atoms with Gasteiger partial charge in [-0.25, -0.2) is 8.78 Å². The minimum atomic E-state index is -1.53. The second-order valence-corrected chi connectivity index (χ2v) is 37.6. The van der Waals surface area contributed by atoms with Crippen molar-refractivity contribution in [1.29, 1.82) is 0 Å². The maximum atomic E-state index is 14.9. The van der Waals surface area contributed by atoms with E-state index in [-0.39, 0.29) is 36.2 Å². The molecular formula is C91H72F2LiN3OSi2. The van der Waals surface area contributed by atoms with Gasteiger partial charge in [-0.2, -0.15) is 0 Å². The number of nitrogens with zero attached hydrogens (tertiary/aromatic N) is 3. The fraction of sp³-hybridized carbons (Fsp3) is 0.0659. The molecule has 0 atom stereocenters. The van der Waals surface area contributed by atoms with Crippen molar-refractivity contribution in [2.45, 2.75) is 39.3 Å². The molecule has 0 saturated heterocycles.